The SMILES string of the molecule is COc1ccccc1-c1noc(COc2ccc(CC(=O)O)cc2)n1. The van der Waals surface area contributed by atoms with Gasteiger partial charge in [0.05, 0.1) is 19.1 Å². The molecular formula is C18H16N2O5. The van der Waals surface area contributed by atoms with E-state index in [1.165, 1.54) is 0 Å². The zero-order valence-electron chi connectivity index (χ0n) is 13.5. The Balaban J connectivity index is 1.65. The molecule has 0 radical (unpaired) electrons. The van der Waals surface area contributed by atoms with Crippen molar-refractivity contribution in [1.29, 1.82) is 0 Å². The third-order valence-corrected chi connectivity index (χ3v) is 3.46. The average Bonchev–Trinajstić information content (AvgIpc) is 3.09. The van der Waals surface area contributed by atoms with Gasteiger partial charge in [0, 0.05) is 0 Å². The molecule has 3 rings (SSSR count). The van der Waals surface area contributed by atoms with Crippen molar-refractivity contribution >= 4 is 5.97 Å². The smallest absolute Gasteiger partial charge is 0.307 e. The van der Waals surface area contributed by atoms with E-state index in [0.717, 1.165) is 5.56 Å². The van der Waals surface area contributed by atoms with Gasteiger partial charge in [0.15, 0.2) is 6.61 Å². The summed E-state index contributed by atoms with van der Waals surface area (Å²) >= 11 is 0. The number of aromatic nitrogens is 2. The molecule has 3 aromatic rings. The van der Waals surface area contributed by atoms with Crippen LogP contribution in [0.1, 0.15) is 11.5 Å². The molecule has 0 amide bonds. The molecule has 0 fully saturated rings. The Hall–Kier alpha value is -3.35. The fraction of sp³-hybridized carbons (Fsp3) is 0.167. The van der Waals surface area contributed by atoms with E-state index in [0.29, 0.717) is 28.8 Å². The van der Waals surface area contributed by atoms with Crippen molar-refractivity contribution in [2.75, 3.05) is 7.11 Å². The van der Waals surface area contributed by atoms with E-state index in [1.807, 2.05) is 24.3 Å². The molecular weight excluding hydrogens is 324 g/mol. The molecule has 0 saturated heterocycles. The number of aliphatic carboxylic acids is 1. The van der Waals surface area contributed by atoms with Crippen LogP contribution in [0.2, 0.25) is 0 Å². The van der Waals surface area contributed by atoms with Gasteiger partial charge in [0.2, 0.25) is 5.82 Å². The number of rotatable bonds is 7. The Bertz CT molecular complexity index is 858. The second-order valence-corrected chi connectivity index (χ2v) is 5.22. The van der Waals surface area contributed by atoms with E-state index >= 15 is 0 Å². The molecule has 1 aromatic heterocycles. The van der Waals surface area contributed by atoms with Crippen molar-refractivity contribution in [1.82, 2.24) is 10.1 Å². The van der Waals surface area contributed by atoms with E-state index < -0.39 is 5.97 Å². The lowest BCUT2D eigenvalue weighted by atomic mass is 10.1. The predicted molar refractivity (Wildman–Crippen MR) is 88.4 cm³/mol. The van der Waals surface area contributed by atoms with Crippen LogP contribution in [0, 0.1) is 0 Å². The van der Waals surface area contributed by atoms with Gasteiger partial charge in [-0.3, -0.25) is 4.79 Å². The first-order valence-electron chi connectivity index (χ1n) is 7.55. The van der Waals surface area contributed by atoms with Crippen molar-refractivity contribution in [3.05, 3.63) is 60.0 Å². The van der Waals surface area contributed by atoms with Gasteiger partial charge in [-0.2, -0.15) is 4.98 Å². The largest absolute Gasteiger partial charge is 0.496 e. The highest BCUT2D eigenvalue weighted by molar-refractivity contribution is 5.70. The van der Waals surface area contributed by atoms with E-state index in [2.05, 4.69) is 10.1 Å². The maximum Gasteiger partial charge on any atom is 0.307 e. The average molecular weight is 340 g/mol. The fourth-order valence-electron chi connectivity index (χ4n) is 2.28. The molecule has 0 bridgehead atoms. The van der Waals surface area contributed by atoms with Gasteiger partial charge in [-0.1, -0.05) is 29.4 Å². The molecule has 0 aliphatic heterocycles. The lowest BCUT2D eigenvalue weighted by molar-refractivity contribution is -0.136. The van der Waals surface area contributed by atoms with Gasteiger partial charge in [-0.15, -0.1) is 0 Å². The lowest BCUT2D eigenvalue weighted by Crippen LogP contribution is -2.00. The quantitative estimate of drug-likeness (QED) is 0.706. The number of methoxy groups -OCH3 is 1. The van der Waals surface area contributed by atoms with Crippen LogP contribution in [-0.2, 0) is 17.8 Å². The summed E-state index contributed by atoms with van der Waals surface area (Å²) in [4.78, 5) is 15.0. The highest BCUT2D eigenvalue weighted by atomic mass is 16.5. The Morgan fingerprint density at radius 3 is 2.64 bits per heavy atom. The maximum absolute atomic E-state index is 10.7. The Morgan fingerprint density at radius 2 is 1.92 bits per heavy atom. The first-order valence-corrected chi connectivity index (χ1v) is 7.55. The fourth-order valence-corrected chi connectivity index (χ4v) is 2.28. The molecule has 1 N–H and O–H groups in total. The van der Waals surface area contributed by atoms with Crippen LogP contribution in [0.25, 0.3) is 11.4 Å². The highest BCUT2D eigenvalue weighted by Crippen LogP contribution is 2.27. The van der Waals surface area contributed by atoms with Crippen molar-refractivity contribution in [3.63, 3.8) is 0 Å². The van der Waals surface area contributed by atoms with Crippen LogP contribution in [0.3, 0.4) is 0 Å². The van der Waals surface area contributed by atoms with Crippen molar-refractivity contribution < 1.29 is 23.9 Å². The number of benzene rings is 2. The number of nitrogens with zero attached hydrogens (tertiary/aromatic N) is 2. The summed E-state index contributed by atoms with van der Waals surface area (Å²) in [5.41, 5.74) is 1.44. The summed E-state index contributed by atoms with van der Waals surface area (Å²) in [5.74, 6) is 1.13. The van der Waals surface area contributed by atoms with E-state index in [4.69, 9.17) is 19.1 Å². The van der Waals surface area contributed by atoms with Crippen molar-refractivity contribution in [2.24, 2.45) is 0 Å². The highest BCUT2D eigenvalue weighted by Gasteiger charge is 2.13. The zero-order chi connectivity index (χ0) is 17.6. The van der Waals surface area contributed by atoms with Gasteiger partial charge in [0.1, 0.15) is 11.5 Å². The zero-order valence-corrected chi connectivity index (χ0v) is 13.5. The number of hydrogen-bond acceptors (Lipinski definition) is 6. The topological polar surface area (TPSA) is 94.7 Å². The van der Waals surface area contributed by atoms with Crippen LogP contribution >= 0.6 is 0 Å². The third-order valence-electron chi connectivity index (χ3n) is 3.46. The normalized spacial score (nSPS) is 10.4. The van der Waals surface area contributed by atoms with E-state index in [1.54, 1.807) is 31.4 Å². The second-order valence-electron chi connectivity index (χ2n) is 5.22. The van der Waals surface area contributed by atoms with Gasteiger partial charge in [-0.25, -0.2) is 0 Å². The first kappa shape index (κ1) is 16.5. The number of carboxylic acid groups (broad SMARTS) is 1. The number of hydrogen-bond donors (Lipinski definition) is 1. The molecule has 0 spiro atoms. The molecule has 0 aliphatic rings. The molecule has 7 nitrogen and oxygen atoms in total. The number of ether oxygens (including phenoxy) is 2. The first-order chi connectivity index (χ1) is 12.2. The predicted octanol–water partition coefficient (Wildman–Crippen LogP) is 2.95. The molecule has 7 heteroatoms. The van der Waals surface area contributed by atoms with Crippen LogP contribution in [0.5, 0.6) is 11.5 Å². The van der Waals surface area contributed by atoms with Crippen molar-refractivity contribution in [3.8, 4) is 22.9 Å². The number of carbonyl (C=O) groups is 1. The summed E-state index contributed by atoms with van der Waals surface area (Å²) in [6, 6.07) is 14.2. The van der Waals surface area contributed by atoms with E-state index in [9.17, 15) is 4.79 Å². The van der Waals surface area contributed by atoms with Crippen molar-refractivity contribution in [2.45, 2.75) is 13.0 Å². The minimum Gasteiger partial charge on any atom is -0.496 e. The van der Waals surface area contributed by atoms with Crippen LogP contribution < -0.4 is 9.47 Å². The summed E-state index contributed by atoms with van der Waals surface area (Å²) in [5, 5.41) is 12.7. The summed E-state index contributed by atoms with van der Waals surface area (Å²) < 4.78 is 16.1. The minimum absolute atomic E-state index is 0.0216. The summed E-state index contributed by atoms with van der Waals surface area (Å²) in [6.45, 7) is 0.112. The molecule has 2 aromatic carbocycles. The van der Waals surface area contributed by atoms with E-state index in [-0.39, 0.29) is 13.0 Å². The van der Waals surface area contributed by atoms with Gasteiger partial charge in [-0.05, 0) is 29.8 Å². The molecule has 0 unspecified atom stereocenters. The monoisotopic (exact) mass is 340 g/mol. The minimum atomic E-state index is -0.872. The van der Waals surface area contributed by atoms with Crippen LogP contribution in [-0.4, -0.2) is 28.3 Å². The molecule has 0 aliphatic carbocycles. The molecule has 1 heterocycles. The number of para-hydroxylation sites is 1. The third kappa shape index (κ3) is 4.14. The lowest BCUT2D eigenvalue weighted by Gasteiger charge is -2.04. The Kier molecular flexibility index (Phi) is 4.94. The standard InChI is InChI=1S/C18H16N2O5/c1-23-15-5-3-2-4-14(15)18-19-16(25-20-18)11-24-13-8-6-12(7-9-13)10-17(21)22/h2-9H,10-11H2,1H3,(H,21,22). The van der Waals surface area contributed by atoms with Gasteiger partial charge >= 0.3 is 5.97 Å². The maximum atomic E-state index is 10.7. The van der Waals surface area contributed by atoms with Crippen LogP contribution in [0.4, 0.5) is 0 Å². The Morgan fingerprint density at radius 1 is 1.16 bits per heavy atom. The van der Waals surface area contributed by atoms with Gasteiger partial charge < -0.3 is 19.1 Å². The summed E-state index contributed by atoms with van der Waals surface area (Å²) in [7, 11) is 1.58. The summed E-state index contributed by atoms with van der Waals surface area (Å²) in [6.07, 6.45) is -0.0216. The molecule has 0 atom stereocenters. The molecule has 128 valence electrons. The molecule has 25 heavy (non-hydrogen) atoms. The Labute approximate surface area is 143 Å². The second kappa shape index (κ2) is 7.48. The molecule has 0 saturated carbocycles. The number of carboxylic acids is 1. The van der Waals surface area contributed by atoms with Crippen LogP contribution in [0.15, 0.2) is 53.1 Å². The van der Waals surface area contributed by atoms with Gasteiger partial charge in [0.25, 0.3) is 5.89 Å².